The first kappa shape index (κ1) is 23.4. The fourth-order valence-corrected chi connectivity index (χ4v) is 3.91. The minimum absolute atomic E-state index is 0.000825. The summed E-state index contributed by atoms with van der Waals surface area (Å²) in [5, 5.41) is 3.66. The average molecular weight is 469 g/mol. The van der Waals surface area contributed by atoms with Gasteiger partial charge in [0.2, 0.25) is 15.8 Å². The molecule has 0 atom stereocenters. The molecule has 2 aromatic carbocycles. The van der Waals surface area contributed by atoms with Gasteiger partial charge in [0.25, 0.3) is 5.89 Å². The molecule has 0 radical (unpaired) electrons. The first-order valence-electron chi connectivity index (χ1n) is 9.25. The average Bonchev–Trinajstić information content (AvgIpc) is 3.20. The molecule has 12 heteroatoms. The van der Waals surface area contributed by atoms with Gasteiger partial charge >= 0.3 is 12.1 Å². The third-order valence-corrected chi connectivity index (χ3v) is 5.69. The molecule has 0 spiro atoms. The number of halogens is 3. The quantitative estimate of drug-likeness (QED) is 0.524. The van der Waals surface area contributed by atoms with Crippen molar-refractivity contribution in [1.29, 1.82) is 0 Å². The van der Waals surface area contributed by atoms with Crippen molar-refractivity contribution in [2.24, 2.45) is 0 Å². The lowest BCUT2D eigenvalue weighted by Gasteiger charge is -2.10. The Labute approximate surface area is 181 Å². The van der Waals surface area contributed by atoms with E-state index in [1.165, 1.54) is 36.4 Å². The van der Waals surface area contributed by atoms with Gasteiger partial charge in [0, 0.05) is 11.6 Å². The molecule has 170 valence electrons. The molecule has 0 bridgehead atoms. The van der Waals surface area contributed by atoms with Crippen LogP contribution in [0.3, 0.4) is 0 Å². The highest BCUT2D eigenvalue weighted by Gasteiger charge is 2.30. The number of esters is 1. The fraction of sp³-hybridized carbons (Fsp3) is 0.250. The van der Waals surface area contributed by atoms with Crippen molar-refractivity contribution in [1.82, 2.24) is 14.9 Å². The molecule has 1 aromatic heterocycles. The van der Waals surface area contributed by atoms with E-state index in [1.54, 1.807) is 13.8 Å². The molecule has 0 saturated carbocycles. The Balaban J connectivity index is 1.66. The Kier molecular flexibility index (Phi) is 6.65. The molecule has 3 aromatic rings. The van der Waals surface area contributed by atoms with Crippen LogP contribution in [0.2, 0.25) is 0 Å². The number of carbonyl (C=O) groups is 1. The lowest BCUT2D eigenvalue weighted by atomic mass is 10.1. The van der Waals surface area contributed by atoms with Crippen molar-refractivity contribution in [3.63, 3.8) is 0 Å². The largest absolute Gasteiger partial charge is 0.452 e. The summed E-state index contributed by atoms with van der Waals surface area (Å²) in [6, 6.07) is 9.15. The number of nitrogens with one attached hydrogen (secondary N) is 1. The smallest absolute Gasteiger partial charge is 0.416 e. The second-order valence-electron chi connectivity index (χ2n) is 6.97. The minimum atomic E-state index is -4.46. The number of hydrogen-bond acceptors (Lipinski definition) is 7. The summed E-state index contributed by atoms with van der Waals surface area (Å²) in [6.45, 7) is 2.92. The van der Waals surface area contributed by atoms with Gasteiger partial charge in [-0.25, -0.2) is 17.9 Å². The van der Waals surface area contributed by atoms with Crippen molar-refractivity contribution in [3.05, 3.63) is 65.5 Å². The van der Waals surface area contributed by atoms with E-state index >= 15 is 0 Å². The van der Waals surface area contributed by atoms with Gasteiger partial charge in [-0.3, -0.25) is 0 Å². The van der Waals surface area contributed by atoms with Gasteiger partial charge in [0.05, 0.1) is 16.0 Å². The number of carbonyl (C=O) groups excluding carboxylic acids is 1. The zero-order valence-electron chi connectivity index (χ0n) is 16.9. The topological polar surface area (TPSA) is 111 Å². The number of sulfonamides is 1. The second-order valence-corrected chi connectivity index (χ2v) is 8.68. The van der Waals surface area contributed by atoms with Gasteiger partial charge in [-0.15, -0.1) is 0 Å². The van der Waals surface area contributed by atoms with E-state index in [4.69, 9.17) is 9.26 Å². The summed E-state index contributed by atoms with van der Waals surface area (Å²) in [4.78, 5) is 16.2. The van der Waals surface area contributed by atoms with Gasteiger partial charge in [0.15, 0.2) is 6.61 Å². The third kappa shape index (κ3) is 5.71. The Morgan fingerprint density at radius 3 is 2.47 bits per heavy atom. The summed E-state index contributed by atoms with van der Waals surface area (Å²) in [7, 11) is -3.79. The Morgan fingerprint density at radius 1 is 1.16 bits per heavy atom. The molecule has 1 heterocycles. The molecule has 32 heavy (non-hydrogen) atoms. The molecule has 0 saturated heterocycles. The Bertz CT molecular complexity index is 1210. The number of rotatable bonds is 7. The lowest BCUT2D eigenvalue weighted by Crippen LogP contribution is -2.30. The van der Waals surface area contributed by atoms with Crippen LogP contribution in [0.15, 0.2) is 57.9 Å². The maximum absolute atomic E-state index is 12.7. The molecule has 0 unspecified atom stereocenters. The Hall–Kier alpha value is -3.25. The maximum atomic E-state index is 12.7. The lowest BCUT2D eigenvalue weighted by molar-refractivity contribution is -0.137. The summed E-state index contributed by atoms with van der Waals surface area (Å²) in [5.74, 6) is -0.878. The highest BCUT2D eigenvalue weighted by Crippen LogP contribution is 2.30. The number of ether oxygens (including phenoxy) is 1. The maximum Gasteiger partial charge on any atom is 0.416 e. The van der Waals surface area contributed by atoms with Crippen LogP contribution in [0.4, 0.5) is 13.2 Å². The molecule has 0 aliphatic heterocycles. The molecule has 3 rings (SSSR count). The molecule has 0 aliphatic carbocycles. The van der Waals surface area contributed by atoms with Crippen LogP contribution in [0, 0.1) is 0 Å². The number of alkyl halides is 3. The van der Waals surface area contributed by atoms with Crippen LogP contribution < -0.4 is 4.72 Å². The van der Waals surface area contributed by atoms with E-state index < -0.39 is 34.3 Å². The first-order valence-corrected chi connectivity index (χ1v) is 10.7. The van der Waals surface area contributed by atoms with Crippen LogP contribution in [-0.4, -0.2) is 30.6 Å². The Morgan fingerprint density at radius 2 is 1.84 bits per heavy atom. The first-order chi connectivity index (χ1) is 15.0. The van der Waals surface area contributed by atoms with E-state index in [9.17, 15) is 26.4 Å². The number of nitrogens with zero attached hydrogens (tertiary/aromatic N) is 2. The predicted molar refractivity (Wildman–Crippen MR) is 106 cm³/mol. The van der Waals surface area contributed by atoms with Crippen LogP contribution in [0.5, 0.6) is 0 Å². The number of benzene rings is 2. The van der Waals surface area contributed by atoms with Crippen molar-refractivity contribution >= 4 is 16.0 Å². The highest BCUT2D eigenvalue weighted by atomic mass is 32.2. The minimum Gasteiger partial charge on any atom is -0.452 e. The summed E-state index contributed by atoms with van der Waals surface area (Å²) in [6.07, 6.45) is -4.46. The zero-order valence-corrected chi connectivity index (χ0v) is 17.7. The van der Waals surface area contributed by atoms with Crippen LogP contribution in [0.1, 0.15) is 35.7 Å². The molecule has 8 nitrogen and oxygen atoms in total. The third-order valence-electron chi connectivity index (χ3n) is 4.04. The molecular weight excluding hydrogens is 451 g/mol. The second kappa shape index (κ2) is 9.09. The molecule has 0 amide bonds. The van der Waals surface area contributed by atoms with Gasteiger partial charge in [0.1, 0.15) is 0 Å². The molecule has 0 fully saturated rings. The fourth-order valence-electron chi connectivity index (χ4n) is 2.62. The zero-order chi connectivity index (χ0) is 23.5. The van der Waals surface area contributed by atoms with E-state index in [1.807, 2.05) is 0 Å². The van der Waals surface area contributed by atoms with Gasteiger partial charge < -0.3 is 9.26 Å². The summed E-state index contributed by atoms with van der Waals surface area (Å²) in [5.41, 5.74) is -0.527. The van der Waals surface area contributed by atoms with Crippen molar-refractivity contribution in [3.8, 4) is 11.4 Å². The van der Waals surface area contributed by atoms with Gasteiger partial charge in [-0.05, 0) is 44.2 Å². The van der Waals surface area contributed by atoms with E-state index in [0.29, 0.717) is 0 Å². The van der Waals surface area contributed by atoms with Crippen LogP contribution in [0.25, 0.3) is 11.4 Å². The SMILES string of the molecule is CC(C)NS(=O)(=O)c1cccc(C(=O)OCc2nc(-c3ccc(C(F)(F)F)cc3)no2)c1. The highest BCUT2D eigenvalue weighted by molar-refractivity contribution is 7.89. The molecular formula is C20H18F3N3O5S. The van der Waals surface area contributed by atoms with Gasteiger partial charge in [-0.1, -0.05) is 23.4 Å². The summed E-state index contributed by atoms with van der Waals surface area (Å²) >= 11 is 0. The van der Waals surface area contributed by atoms with Crippen molar-refractivity contribution in [2.45, 2.75) is 37.6 Å². The number of aromatic nitrogens is 2. The number of hydrogen-bond donors (Lipinski definition) is 1. The monoisotopic (exact) mass is 469 g/mol. The predicted octanol–water partition coefficient (Wildman–Crippen LogP) is 3.80. The molecule has 0 aliphatic rings. The van der Waals surface area contributed by atoms with Crippen LogP contribution >= 0.6 is 0 Å². The van der Waals surface area contributed by atoms with Crippen molar-refractivity contribution < 1.29 is 35.6 Å². The molecule has 1 N–H and O–H groups in total. The van der Waals surface area contributed by atoms with E-state index in [0.717, 1.165) is 12.1 Å². The van der Waals surface area contributed by atoms with E-state index in [2.05, 4.69) is 14.9 Å². The van der Waals surface area contributed by atoms with Gasteiger partial charge in [-0.2, -0.15) is 18.2 Å². The standard InChI is InChI=1S/C20H18F3N3O5S/c1-12(2)26-32(28,29)16-5-3-4-14(10-16)19(27)30-11-17-24-18(25-31-17)13-6-8-15(9-7-13)20(21,22)23/h3-10,12,26H,11H2,1-2H3. The van der Waals surface area contributed by atoms with Crippen molar-refractivity contribution in [2.75, 3.05) is 0 Å². The van der Waals surface area contributed by atoms with Crippen LogP contribution in [-0.2, 0) is 27.5 Å². The van der Waals surface area contributed by atoms with E-state index in [-0.39, 0.29) is 33.8 Å². The summed E-state index contributed by atoms with van der Waals surface area (Å²) < 4.78 is 74.9. The normalized spacial score (nSPS) is 12.2.